The Kier molecular flexibility index (Phi) is 3.35. The number of aryl methyl sites for hydroxylation is 2. The van der Waals surface area contributed by atoms with Crippen molar-refractivity contribution in [3.05, 3.63) is 58.9 Å². The van der Waals surface area contributed by atoms with Gasteiger partial charge in [0.05, 0.1) is 11.4 Å². The van der Waals surface area contributed by atoms with Crippen LogP contribution < -0.4 is 10.6 Å². The Labute approximate surface area is 119 Å². The van der Waals surface area contributed by atoms with E-state index < -0.39 is 0 Å². The zero-order valence-electron chi connectivity index (χ0n) is 11.7. The SMILES string of the molecule is Cc1cc(N2CCCc3ccccc3C2)c(N)cc1F. The molecule has 0 saturated heterocycles. The minimum Gasteiger partial charge on any atom is -0.397 e. The predicted octanol–water partition coefficient (Wildman–Crippen LogP) is 3.67. The number of nitrogen functional groups attached to an aromatic ring is 1. The maximum absolute atomic E-state index is 13.5. The topological polar surface area (TPSA) is 29.3 Å². The number of benzene rings is 2. The molecular weight excluding hydrogens is 251 g/mol. The van der Waals surface area contributed by atoms with Crippen molar-refractivity contribution < 1.29 is 4.39 Å². The van der Waals surface area contributed by atoms with Crippen LogP contribution in [-0.4, -0.2) is 6.54 Å². The lowest BCUT2D eigenvalue weighted by Crippen LogP contribution is -2.23. The average Bonchev–Trinajstić information content (AvgIpc) is 2.65. The molecule has 20 heavy (non-hydrogen) atoms. The van der Waals surface area contributed by atoms with Crippen LogP contribution in [0, 0.1) is 12.7 Å². The summed E-state index contributed by atoms with van der Waals surface area (Å²) in [5, 5.41) is 0. The molecule has 0 amide bonds. The van der Waals surface area contributed by atoms with E-state index in [0.29, 0.717) is 11.3 Å². The Bertz CT molecular complexity index is 637. The highest BCUT2D eigenvalue weighted by atomic mass is 19.1. The number of nitrogens with zero attached hydrogens (tertiary/aromatic N) is 1. The quantitative estimate of drug-likeness (QED) is 0.801. The summed E-state index contributed by atoms with van der Waals surface area (Å²) in [6.45, 7) is 3.57. The molecule has 0 unspecified atom stereocenters. The maximum atomic E-state index is 13.5. The average molecular weight is 270 g/mol. The highest BCUT2D eigenvalue weighted by Gasteiger charge is 2.17. The molecule has 0 radical (unpaired) electrons. The van der Waals surface area contributed by atoms with Crippen molar-refractivity contribution in [2.75, 3.05) is 17.2 Å². The number of nitrogens with two attached hydrogens (primary N) is 1. The van der Waals surface area contributed by atoms with E-state index in [-0.39, 0.29) is 5.82 Å². The molecule has 0 fully saturated rings. The van der Waals surface area contributed by atoms with Crippen LogP contribution in [0.2, 0.25) is 0 Å². The van der Waals surface area contributed by atoms with E-state index in [1.54, 1.807) is 6.92 Å². The van der Waals surface area contributed by atoms with E-state index in [1.807, 2.05) is 6.07 Å². The number of hydrogen-bond donors (Lipinski definition) is 1. The van der Waals surface area contributed by atoms with Gasteiger partial charge in [-0.1, -0.05) is 24.3 Å². The fourth-order valence-corrected chi connectivity index (χ4v) is 2.86. The van der Waals surface area contributed by atoms with Gasteiger partial charge in [-0.2, -0.15) is 0 Å². The van der Waals surface area contributed by atoms with Gasteiger partial charge in [-0.15, -0.1) is 0 Å². The predicted molar refractivity (Wildman–Crippen MR) is 81.4 cm³/mol. The Morgan fingerprint density at radius 1 is 1.15 bits per heavy atom. The summed E-state index contributed by atoms with van der Waals surface area (Å²) in [5.74, 6) is -0.235. The number of fused-ring (bicyclic) bond motifs is 1. The molecule has 0 saturated carbocycles. The Morgan fingerprint density at radius 2 is 1.90 bits per heavy atom. The first-order chi connectivity index (χ1) is 9.65. The van der Waals surface area contributed by atoms with E-state index in [1.165, 1.54) is 17.2 Å². The second-order valence-electron chi connectivity index (χ2n) is 5.45. The molecule has 2 nitrogen and oxygen atoms in total. The minimum atomic E-state index is -0.235. The molecule has 1 aliphatic heterocycles. The van der Waals surface area contributed by atoms with Gasteiger partial charge in [-0.3, -0.25) is 0 Å². The van der Waals surface area contributed by atoms with Gasteiger partial charge in [0.1, 0.15) is 5.82 Å². The Hall–Kier alpha value is -2.03. The van der Waals surface area contributed by atoms with Crippen molar-refractivity contribution in [1.29, 1.82) is 0 Å². The second-order valence-corrected chi connectivity index (χ2v) is 5.45. The number of anilines is 2. The molecule has 1 heterocycles. The number of hydrogen-bond acceptors (Lipinski definition) is 2. The lowest BCUT2D eigenvalue weighted by molar-refractivity contribution is 0.618. The van der Waals surface area contributed by atoms with Crippen LogP contribution in [0.15, 0.2) is 36.4 Å². The van der Waals surface area contributed by atoms with Gasteiger partial charge >= 0.3 is 0 Å². The third kappa shape index (κ3) is 2.36. The summed E-state index contributed by atoms with van der Waals surface area (Å²) < 4.78 is 13.5. The maximum Gasteiger partial charge on any atom is 0.128 e. The smallest absolute Gasteiger partial charge is 0.128 e. The summed E-state index contributed by atoms with van der Waals surface area (Å²) >= 11 is 0. The van der Waals surface area contributed by atoms with E-state index in [4.69, 9.17) is 5.73 Å². The summed E-state index contributed by atoms with van der Waals surface area (Å²) in [5.41, 5.74) is 10.9. The Balaban J connectivity index is 1.97. The monoisotopic (exact) mass is 270 g/mol. The summed E-state index contributed by atoms with van der Waals surface area (Å²) in [7, 11) is 0. The lowest BCUT2D eigenvalue weighted by atomic mass is 10.0. The molecule has 0 aromatic heterocycles. The van der Waals surface area contributed by atoms with Crippen molar-refractivity contribution in [1.82, 2.24) is 0 Å². The van der Waals surface area contributed by atoms with Crippen LogP contribution in [-0.2, 0) is 13.0 Å². The van der Waals surface area contributed by atoms with Crippen LogP contribution in [0.25, 0.3) is 0 Å². The van der Waals surface area contributed by atoms with Crippen molar-refractivity contribution >= 4 is 11.4 Å². The zero-order valence-corrected chi connectivity index (χ0v) is 11.7. The van der Waals surface area contributed by atoms with Gasteiger partial charge in [-0.25, -0.2) is 4.39 Å². The molecule has 0 atom stereocenters. The van der Waals surface area contributed by atoms with Crippen molar-refractivity contribution in [3.8, 4) is 0 Å². The molecule has 2 aromatic carbocycles. The second kappa shape index (κ2) is 5.16. The van der Waals surface area contributed by atoms with Crippen LogP contribution in [0.4, 0.5) is 15.8 Å². The fourth-order valence-electron chi connectivity index (χ4n) is 2.86. The first-order valence-electron chi connectivity index (χ1n) is 7.02. The molecule has 0 bridgehead atoms. The van der Waals surface area contributed by atoms with Gasteiger partial charge in [0, 0.05) is 13.1 Å². The van der Waals surface area contributed by atoms with E-state index in [2.05, 4.69) is 29.2 Å². The minimum absolute atomic E-state index is 0.235. The molecule has 2 aromatic rings. The number of halogens is 1. The van der Waals surface area contributed by atoms with E-state index >= 15 is 0 Å². The molecule has 0 spiro atoms. The summed E-state index contributed by atoms with van der Waals surface area (Å²) in [6, 6.07) is 11.8. The van der Waals surface area contributed by atoms with Gasteiger partial charge < -0.3 is 10.6 Å². The van der Waals surface area contributed by atoms with Crippen molar-refractivity contribution in [2.45, 2.75) is 26.3 Å². The molecule has 3 heteroatoms. The first-order valence-corrected chi connectivity index (χ1v) is 7.02. The largest absolute Gasteiger partial charge is 0.397 e. The lowest BCUT2D eigenvalue weighted by Gasteiger charge is -2.25. The normalized spacial score (nSPS) is 14.8. The van der Waals surface area contributed by atoms with Crippen molar-refractivity contribution in [3.63, 3.8) is 0 Å². The van der Waals surface area contributed by atoms with Crippen LogP contribution in [0.5, 0.6) is 0 Å². The third-order valence-corrected chi connectivity index (χ3v) is 4.00. The first kappa shape index (κ1) is 13.0. The molecule has 104 valence electrons. The standard InChI is InChI=1S/C17H19FN2/c1-12-9-17(16(19)10-15(12)18)20-8-4-7-13-5-2-3-6-14(13)11-20/h2-3,5-6,9-10H,4,7-8,11,19H2,1H3. The van der Waals surface area contributed by atoms with Gasteiger partial charge in [0.2, 0.25) is 0 Å². The molecular formula is C17H19FN2. The molecule has 2 N–H and O–H groups in total. The molecule has 1 aliphatic rings. The van der Waals surface area contributed by atoms with E-state index in [9.17, 15) is 4.39 Å². The summed E-state index contributed by atoms with van der Waals surface area (Å²) in [4.78, 5) is 2.26. The summed E-state index contributed by atoms with van der Waals surface area (Å²) in [6.07, 6.45) is 2.18. The van der Waals surface area contributed by atoms with Crippen molar-refractivity contribution in [2.24, 2.45) is 0 Å². The van der Waals surface area contributed by atoms with E-state index in [0.717, 1.165) is 31.6 Å². The molecule has 0 aliphatic carbocycles. The fraction of sp³-hybridized carbons (Fsp3) is 0.294. The van der Waals surface area contributed by atoms with Crippen LogP contribution >= 0.6 is 0 Å². The number of rotatable bonds is 1. The zero-order chi connectivity index (χ0) is 14.1. The van der Waals surface area contributed by atoms with Gasteiger partial charge in [-0.05, 0) is 48.6 Å². The van der Waals surface area contributed by atoms with Gasteiger partial charge in [0.15, 0.2) is 0 Å². The van der Waals surface area contributed by atoms with Crippen LogP contribution in [0.3, 0.4) is 0 Å². The highest BCUT2D eigenvalue weighted by molar-refractivity contribution is 5.69. The highest BCUT2D eigenvalue weighted by Crippen LogP contribution is 2.30. The third-order valence-electron chi connectivity index (χ3n) is 4.00. The van der Waals surface area contributed by atoms with Crippen LogP contribution in [0.1, 0.15) is 23.1 Å². The van der Waals surface area contributed by atoms with Gasteiger partial charge in [0.25, 0.3) is 0 Å². The Morgan fingerprint density at radius 3 is 2.70 bits per heavy atom. The molecule has 3 rings (SSSR count).